The van der Waals surface area contributed by atoms with Gasteiger partial charge in [-0.2, -0.15) is 13.2 Å². The Kier molecular flexibility index (Phi) is 10.1. The maximum Gasteiger partial charge on any atom is 0.416 e. The molecule has 3 amide bonds. The van der Waals surface area contributed by atoms with Gasteiger partial charge in [-0.15, -0.1) is 0 Å². The summed E-state index contributed by atoms with van der Waals surface area (Å²) in [7, 11) is 0. The third kappa shape index (κ3) is 7.50. The van der Waals surface area contributed by atoms with E-state index < -0.39 is 36.1 Å². The van der Waals surface area contributed by atoms with Gasteiger partial charge in [-0.3, -0.25) is 24.2 Å². The average molecular weight is 612 g/mol. The van der Waals surface area contributed by atoms with Crippen molar-refractivity contribution in [2.45, 2.75) is 70.3 Å². The normalized spacial score (nSPS) is 19.0. The maximum atomic E-state index is 14.0. The molecule has 11 heteroatoms. The van der Waals surface area contributed by atoms with E-state index in [-0.39, 0.29) is 30.5 Å². The molecule has 2 heterocycles. The molecule has 44 heavy (non-hydrogen) atoms. The summed E-state index contributed by atoms with van der Waals surface area (Å²) < 4.78 is 41.3. The van der Waals surface area contributed by atoms with Crippen LogP contribution in [0.3, 0.4) is 0 Å². The topological polar surface area (TPSA) is 97.5 Å². The van der Waals surface area contributed by atoms with Gasteiger partial charge >= 0.3 is 6.18 Å². The Labute approximate surface area is 255 Å². The molecule has 5 rings (SSSR count). The number of para-hydroxylation sites is 1. The molecule has 1 saturated heterocycles. The summed E-state index contributed by atoms with van der Waals surface area (Å²) in [5.41, 5.74) is 0.486. The van der Waals surface area contributed by atoms with Crippen molar-refractivity contribution >= 4 is 28.6 Å². The molecule has 0 bridgehead atoms. The highest BCUT2D eigenvalue weighted by molar-refractivity contribution is 5.99. The van der Waals surface area contributed by atoms with Crippen molar-refractivity contribution in [1.82, 2.24) is 25.4 Å². The fraction of sp³-hybridized carbons (Fsp3) is 0.485. The number of hydrogen-bond donors (Lipinski definition) is 3. The number of H-pyrrole nitrogens is 1. The first-order valence-electron chi connectivity index (χ1n) is 15.4. The second-order valence-electron chi connectivity index (χ2n) is 11.9. The Morgan fingerprint density at radius 2 is 1.75 bits per heavy atom. The number of rotatable bonds is 9. The predicted octanol–water partition coefficient (Wildman–Crippen LogP) is 4.64. The maximum absolute atomic E-state index is 14.0. The number of carbonyl (C=O) groups is 3. The summed E-state index contributed by atoms with van der Waals surface area (Å²) >= 11 is 0. The summed E-state index contributed by atoms with van der Waals surface area (Å²) in [5, 5.41) is 7.18. The number of halogens is 3. The summed E-state index contributed by atoms with van der Waals surface area (Å²) in [6, 6.07) is 11.5. The molecule has 1 saturated carbocycles. The zero-order valence-corrected chi connectivity index (χ0v) is 25.0. The Morgan fingerprint density at radius 1 is 1.02 bits per heavy atom. The quantitative estimate of drug-likeness (QED) is 0.328. The zero-order chi connectivity index (χ0) is 31.3. The fourth-order valence-corrected chi connectivity index (χ4v) is 6.73. The van der Waals surface area contributed by atoms with Gasteiger partial charge in [0.05, 0.1) is 18.7 Å². The molecule has 2 atom stereocenters. The highest BCUT2D eigenvalue weighted by Gasteiger charge is 2.37. The molecule has 1 aromatic heterocycles. The van der Waals surface area contributed by atoms with E-state index in [1.54, 1.807) is 6.20 Å². The number of carbonyl (C=O) groups excluding carboxylic acids is 3. The van der Waals surface area contributed by atoms with Gasteiger partial charge in [0.1, 0.15) is 6.04 Å². The number of aromatic nitrogens is 1. The number of benzene rings is 2. The minimum absolute atomic E-state index is 0.0624. The fourth-order valence-electron chi connectivity index (χ4n) is 6.73. The van der Waals surface area contributed by atoms with E-state index in [2.05, 4.69) is 20.5 Å². The Morgan fingerprint density at radius 3 is 2.50 bits per heavy atom. The lowest BCUT2D eigenvalue weighted by molar-refractivity contribution is -0.148. The number of alkyl halides is 3. The number of hydrogen-bond acceptors (Lipinski definition) is 5. The molecule has 1 aliphatic carbocycles. The SMILES string of the molecule is CC(=O)N(Cc1ccccc1C(F)(F)F)C(=O)C(Cc1c[nH]c2ccccc12)NC(=O)CN1CCNCC1C1CCCCC1. The molecule has 8 nitrogen and oxygen atoms in total. The van der Waals surface area contributed by atoms with Gasteiger partial charge in [-0.25, -0.2) is 0 Å². The van der Waals surface area contributed by atoms with E-state index >= 15 is 0 Å². The molecule has 2 unspecified atom stereocenters. The number of nitrogens with one attached hydrogen (secondary N) is 3. The molecular formula is C33H40F3N5O3. The molecule has 0 spiro atoms. The van der Waals surface area contributed by atoms with Crippen LogP contribution in [0.15, 0.2) is 54.7 Å². The first kappa shape index (κ1) is 31.7. The molecular weight excluding hydrogens is 571 g/mol. The lowest BCUT2D eigenvalue weighted by atomic mass is 9.82. The van der Waals surface area contributed by atoms with E-state index in [0.717, 1.165) is 60.3 Å². The standard InChI is InChI=1S/C33H40F3N5O3/c1-22(42)41(20-24-11-5-7-13-27(24)33(34,35)36)32(44)29(17-25-18-38-28-14-8-6-12-26(25)28)39-31(43)21-40-16-15-37-19-30(40)23-9-3-2-4-10-23/h5-8,11-14,18,23,29-30,37-38H,2-4,9-10,15-17,19-21H2,1H3,(H,39,43). The van der Waals surface area contributed by atoms with Crippen LogP contribution in [0.2, 0.25) is 0 Å². The van der Waals surface area contributed by atoms with Crippen molar-refractivity contribution in [2.24, 2.45) is 5.92 Å². The van der Waals surface area contributed by atoms with E-state index in [9.17, 15) is 27.6 Å². The van der Waals surface area contributed by atoms with Crippen LogP contribution < -0.4 is 10.6 Å². The Balaban J connectivity index is 1.39. The van der Waals surface area contributed by atoms with Crippen molar-refractivity contribution in [3.8, 4) is 0 Å². The largest absolute Gasteiger partial charge is 0.416 e. The van der Waals surface area contributed by atoms with E-state index in [0.29, 0.717) is 12.5 Å². The molecule has 0 radical (unpaired) electrons. The minimum atomic E-state index is -4.65. The van der Waals surface area contributed by atoms with Crippen molar-refractivity contribution in [3.63, 3.8) is 0 Å². The van der Waals surface area contributed by atoms with Gasteiger partial charge in [0.25, 0.3) is 5.91 Å². The van der Waals surface area contributed by atoms with Crippen LogP contribution in [-0.2, 0) is 33.5 Å². The number of fused-ring (bicyclic) bond motifs is 1. The first-order valence-corrected chi connectivity index (χ1v) is 15.4. The van der Waals surface area contributed by atoms with Gasteiger partial charge in [0, 0.05) is 56.1 Å². The monoisotopic (exact) mass is 611 g/mol. The van der Waals surface area contributed by atoms with Crippen LogP contribution in [0.25, 0.3) is 10.9 Å². The summed E-state index contributed by atoms with van der Waals surface area (Å²) in [5.74, 6) is -1.32. The van der Waals surface area contributed by atoms with Crippen molar-refractivity contribution < 1.29 is 27.6 Å². The van der Waals surface area contributed by atoms with E-state index in [4.69, 9.17) is 0 Å². The lowest BCUT2D eigenvalue weighted by Crippen LogP contribution is -2.58. The smallest absolute Gasteiger partial charge is 0.361 e. The van der Waals surface area contributed by atoms with Gasteiger partial charge in [0.15, 0.2) is 0 Å². The second kappa shape index (κ2) is 13.9. The number of aromatic amines is 1. The molecule has 2 aliphatic rings. The number of amides is 3. The van der Waals surface area contributed by atoms with Gasteiger partial charge in [-0.1, -0.05) is 55.7 Å². The van der Waals surface area contributed by atoms with E-state index in [1.807, 2.05) is 24.3 Å². The molecule has 2 fully saturated rings. The van der Waals surface area contributed by atoms with Crippen molar-refractivity contribution in [3.05, 3.63) is 71.4 Å². The van der Waals surface area contributed by atoms with Crippen LogP contribution in [0.5, 0.6) is 0 Å². The molecule has 236 valence electrons. The Hall–Kier alpha value is -3.70. The van der Waals surface area contributed by atoms with Crippen LogP contribution in [0.1, 0.15) is 55.7 Å². The first-order chi connectivity index (χ1) is 21.1. The second-order valence-corrected chi connectivity index (χ2v) is 11.9. The summed E-state index contributed by atoms with van der Waals surface area (Å²) in [4.78, 5) is 46.6. The lowest BCUT2D eigenvalue weighted by Gasteiger charge is -2.42. The van der Waals surface area contributed by atoms with Gasteiger partial charge in [0.2, 0.25) is 11.8 Å². The molecule has 2 aromatic carbocycles. The van der Waals surface area contributed by atoms with Crippen LogP contribution >= 0.6 is 0 Å². The van der Waals surface area contributed by atoms with E-state index in [1.165, 1.54) is 37.5 Å². The molecule has 3 aromatic rings. The van der Waals surface area contributed by atoms with Gasteiger partial charge < -0.3 is 15.6 Å². The highest BCUT2D eigenvalue weighted by Crippen LogP contribution is 2.33. The Bertz CT molecular complexity index is 1470. The summed E-state index contributed by atoms with van der Waals surface area (Å²) in [6.07, 6.45) is 3.00. The van der Waals surface area contributed by atoms with Crippen LogP contribution in [0, 0.1) is 5.92 Å². The minimum Gasteiger partial charge on any atom is -0.361 e. The average Bonchev–Trinajstić information content (AvgIpc) is 3.42. The zero-order valence-electron chi connectivity index (χ0n) is 25.0. The van der Waals surface area contributed by atoms with Crippen LogP contribution in [-0.4, -0.2) is 70.8 Å². The van der Waals surface area contributed by atoms with Crippen molar-refractivity contribution in [2.75, 3.05) is 26.2 Å². The predicted molar refractivity (Wildman–Crippen MR) is 161 cm³/mol. The van der Waals surface area contributed by atoms with Crippen LogP contribution in [0.4, 0.5) is 13.2 Å². The van der Waals surface area contributed by atoms with Gasteiger partial charge in [-0.05, 0) is 42.0 Å². The number of piperazine rings is 1. The third-order valence-corrected chi connectivity index (χ3v) is 8.97. The molecule has 1 aliphatic heterocycles. The summed E-state index contributed by atoms with van der Waals surface area (Å²) in [6.45, 7) is 2.93. The third-order valence-electron chi connectivity index (χ3n) is 8.97. The highest BCUT2D eigenvalue weighted by atomic mass is 19.4. The number of imide groups is 1. The number of nitrogens with zero attached hydrogens (tertiary/aromatic N) is 2. The molecule has 3 N–H and O–H groups in total. The van der Waals surface area contributed by atoms with Crippen molar-refractivity contribution in [1.29, 1.82) is 0 Å².